The topological polar surface area (TPSA) is 102 Å². The number of hydrogen-bond donors (Lipinski definition) is 3. The van der Waals surface area contributed by atoms with Gasteiger partial charge in [-0.3, -0.25) is 4.79 Å². The van der Waals surface area contributed by atoms with Crippen LogP contribution in [0.2, 0.25) is 0 Å². The summed E-state index contributed by atoms with van der Waals surface area (Å²) in [5, 5.41) is 17.6. The second-order valence-corrected chi connectivity index (χ2v) is 2.19. The molecule has 0 aromatic rings. The first-order valence-corrected chi connectivity index (χ1v) is 3.26. The molecule has 0 fully saturated rings. The molecule has 0 saturated heterocycles. The fraction of sp³-hybridized carbons (Fsp3) is 0.833. The smallest absolute Gasteiger partial charge is 0.323 e. The van der Waals surface area contributed by atoms with Gasteiger partial charge in [-0.1, -0.05) is 0 Å². The number of methoxy groups -OCH3 is 2. The summed E-state index contributed by atoms with van der Waals surface area (Å²) < 4.78 is 9.23. The molecule has 0 aromatic carbocycles. The van der Waals surface area contributed by atoms with Gasteiger partial charge in [0.05, 0.1) is 0 Å². The van der Waals surface area contributed by atoms with Crippen molar-refractivity contribution in [1.29, 1.82) is 0 Å². The molecule has 12 heavy (non-hydrogen) atoms. The zero-order chi connectivity index (χ0) is 9.72. The van der Waals surface area contributed by atoms with Gasteiger partial charge in [-0.05, 0) is 0 Å². The van der Waals surface area contributed by atoms with Crippen molar-refractivity contribution in [3.63, 3.8) is 0 Å². The highest BCUT2D eigenvalue weighted by Crippen LogP contribution is 2.02. The maximum atomic E-state index is 10.3. The number of ether oxygens (including phenoxy) is 2. The van der Waals surface area contributed by atoms with Crippen LogP contribution in [0, 0.1) is 0 Å². The molecule has 6 nitrogen and oxygen atoms in total. The van der Waals surface area contributed by atoms with Crippen LogP contribution in [0.5, 0.6) is 0 Å². The van der Waals surface area contributed by atoms with E-state index in [2.05, 4.69) is 9.47 Å². The van der Waals surface area contributed by atoms with Crippen LogP contribution < -0.4 is 5.73 Å². The first-order chi connectivity index (χ1) is 5.54. The molecule has 0 saturated carbocycles. The van der Waals surface area contributed by atoms with Crippen molar-refractivity contribution in [2.75, 3.05) is 14.2 Å². The maximum Gasteiger partial charge on any atom is 0.323 e. The Kier molecular flexibility index (Phi) is 4.75. The maximum absolute atomic E-state index is 10.3. The van der Waals surface area contributed by atoms with Crippen LogP contribution in [0.15, 0.2) is 0 Å². The number of carbonyl (C=O) groups is 1. The standard InChI is InChI=1S/C6H13NO5/c1-11-6(12-2)4(8)3(7)5(9)10/h3-4,6,8H,7H2,1-2H3,(H,9,10). The van der Waals surface area contributed by atoms with E-state index in [1.165, 1.54) is 14.2 Å². The highest BCUT2D eigenvalue weighted by molar-refractivity contribution is 5.73. The predicted molar refractivity (Wildman–Crippen MR) is 39.4 cm³/mol. The Balaban J connectivity index is 4.14. The Morgan fingerprint density at radius 2 is 1.83 bits per heavy atom. The van der Waals surface area contributed by atoms with Crippen LogP contribution in [-0.2, 0) is 14.3 Å². The van der Waals surface area contributed by atoms with Gasteiger partial charge in [-0.15, -0.1) is 0 Å². The summed E-state index contributed by atoms with van der Waals surface area (Å²) in [6.07, 6.45) is -2.39. The summed E-state index contributed by atoms with van der Waals surface area (Å²) in [6.45, 7) is 0. The van der Waals surface area contributed by atoms with Crippen LogP contribution in [0.3, 0.4) is 0 Å². The van der Waals surface area contributed by atoms with Crippen molar-refractivity contribution in [2.45, 2.75) is 18.4 Å². The molecule has 0 radical (unpaired) electrons. The molecule has 4 N–H and O–H groups in total. The van der Waals surface area contributed by atoms with Gasteiger partial charge in [-0.2, -0.15) is 0 Å². The Bertz CT molecular complexity index is 147. The number of rotatable bonds is 5. The lowest BCUT2D eigenvalue weighted by atomic mass is 10.1. The van der Waals surface area contributed by atoms with Crippen LogP contribution >= 0.6 is 0 Å². The van der Waals surface area contributed by atoms with E-state index in [1.54, 1.807) is 0 Å². The highest BCUT2D eigenvalue weighted by Gasteiger charge is 2.29. The minimum atomic E-state index is -1.41. The van der Waals surface area contributed by atoms with Gasteiger partial charge >= 0.3 is 5.97 Å². The Labute approximate surface area is 69.9 Å². The van der Waals surface area contributed by atoms with Gasteiger partial charge in [0.2, 0.25) is 0 Å². The average Bonchev–Trinajstić information content (AvgIpc) is 2.05. The van der Waals surface area contributed by atoms with Crippen LogP contribution in [0.4, 0.5) is 0 Å². The summed E-state index contributed by atoms with van der Waals surface area (Å²) in [4.78, 5) is 10.3. The van der Waals surface area contributed by atoms with Crippen molar-refractivity contribution < 1.29 is 24.5 Å². The Hall–Kier alpha value is -0.690. The molecule has 0 bridgehead atoms. The van der Waals surface area contributed by atoms with Gasteiger partial charge in [0.1, 0.15) is 12.1 Å². The lowest BCUT2D eigenvalue weighted by Gasteiger charge is -2.22. The van der Waals surface area contributed by atoms with E-state index in [-0.39, 0.29) is 0 Å². The van der Waals surface area contributed by atoms with Gasteiger partial charge in [-0.25, -0.2) is 0 Å². The molecule has 0 spiro atoms. The highest BCUT2D eigenvalue weighted by atomic mass is 16.7. The third-order valence-electron chi connectivity index (χ3n) is 1.40. The lowest BCUT2D eigenvalue weighted by Crippen LogP contribution is -2.49. The number of nitrogens with two attached hydrogens (primary N) is 1. The fourth-order valence-electron chi connectivity index (χ4n) is 0.690. The van der Waals surface area contributed by atoms with Crippen molar-refractivity contribution in [3.8, 4) is 0 Å². The van der Waals surface area contributed by atoms with Crippen LogP contribution in [0.25, 0.3) is 0 Å². The quantitative estimate of drug-likeness (QED) is 0.438. The largest absolute Gasteiger partial charge is 0.480 e. The van der Waals surface area contributed by atoms with Crippen molar-refractivity contribution in [2.24, 2.45) is 5.73 Å². The van der Waals surface area contributed by atoms with Gasteiger partial charge in [0, 0.05) is 14.2 Å². The van der Waals surface area contributed by atoms with E-state index < -0.39 is 24.4 Å². The van der Waals surface area contributed by atoms with Gasteiger partial charge in [0.25, 0.3) is 0 Å². The van der Waals surface area contributed by atoms with E-state index in [1.807, 2.05) is 0 Å². The summed E-state index contributed by atoms with van der Waals surface area (Å²) in [7, 11) is 2.57. The second kappa shape index (κ2) is 5.04. The summed E-state index contributed by atoms with van der Waals surface area (Å²) in [5.74, 6) is -1.30. The molecule has 72 valence electrons. The van der Waals surface area contributed by atoms with Gasteiger partial charge in [0.15, 0.2) is 6.29 Å². The number of carboxylic acids is 1. The number of aliphatic carboxylic acids is 1. The number of hydrogen-bond acceptors (Lipinski definition) is 5. The third-order valence-corrected chi connectivity index (χ3v) is 1.40. The van der Waals surface area contributed by atoms with Crippen LogP contribution in [0.1, 0.15) is 0 Å². The third kappa shape index (κ3) is 2.74. The summed E-state index contributed by atoms with van der Waals surface area (Å²) in [5.41, 5.74) is 5.10. The summed E-state index contributed by atoms with van der Waals surface area (Å²) >= 11 is 0. The van der Waals surface area contributed by atoms with Gasteiger partial charge < -0.3 is 25.4 Å². The van der Waals surface area contributed by atoms with E-state index in [0.29, 0.717) is 0 Å². The van der Waals surface area contributed by atoms with Crippen LogP contribution in [-0.4, -0.2) is 48.8 Å². The van der Waals surface area contributed by atoms with E-state index in [0.717, 1.165) is 0 Å². The van der Waals surface area contributed by atoms with E-state index >= 15 is 0 Å². The molecule has 0 aromatic heterocycles. The monoisotopic (exact) mass is 179 g/mol. The minimum absolute atomic E-state index is 1.02. The molecule has 2 unspecified atom stereocenters. The first kappa shape index (κ1) is 11.3. The van der Waals surface area contributed by atoms with Crippen molar-refractivity contribution in [3.05, 3.63) is 0 Å². The van der Waals surface area contributed by atoms with E-state index in [4.69, 9.17) is 10.8 Å². The average molecular weight is 179 g/mol. The molecule has 2 atom stereocenters. The first-order valence-electron chi connectivity index (χ1n) is 3.26. The second-order valence-electron chi connectivity index (χ2n) is 2.19. The molecule has 0 aliphatic heterocycles. The van der Waals surface area contributed by atoms with Crippen molar-refractivity contribution >= 4 is 5.97 Å². The molecule has 0 heterocycles. The zero-order valence-electron chi connectivity index (χ0n) is 6.93. The molecular weight excluding hydrogens is 166 g/mol. The normalized spacial score (nSPS) is 16.1. The lowest BCUT2D eigenvalue weighted by molar-refractivity contribution is -0.178. The van der Waals surface area contributed by atoms with Crippen molar-refractivity contribution in [1.82, 2.24) is 0 Å². The summed E-state index contributed by atoms with van der Waals surface area (Å²) in [6, 6.07) is -1.41. The SMILES string of the molecule is COC(OC)C(O)C(N)C(=O)O. The zero-order valence-corrected chi connectivity index (χ0v) is 6.93. The number of carboxylic acid groups (broad SMARTS) is 1. The molecule has 0 amide bonds. The van der Waals surface area contributed by atoms with E-state index in [9.17, 15) is 9.90 Å². The number of aliphatic hydroxyl groups is 1. The Morgan fingerprint density at radius 1 is 1.42 bits per heavy atom. The molecule has 0 aliphatic carbocycles. The molecular formula is C6H13NO5. The molecule has 0 aliphatic rings. The molecule has 6 heteroatoms. The Morgan fingerprint density at radius 3 is 2.08 bits per heavy atom. The minimum Gasteiger partial charge on any atom is -0.480 e. The number of aliphatic hydroxyl groups excluding tert-OH is 1. The predicted octanol–water partition coefficient (Wildman–Crippen LogP) is -1.62. The molecule has 0 rings (SSSR count). The fourth-order valence-corrected chi connectivity index (χ4v) is 0.690.